The summed E-state index contributed by atoms with van der Waals surface area (Å²) in [4.78, 5) is 15.0. The van der Waals surface area contributed by atoms with Crippen LogP contribution in [0.25, 0.3) is 6.08 Å². The quantitative estimate of drug-likeness (QED) is 0.418. The smallest absolute Gasteiger partial charge is 0.266 e. The summed E-state index contributed by atoms with van der Waals surface area (Å²) in [5, 5.41) is 0. The number of nitrogens with zero attached hydrogens (tertiary/aromatic N) is 1. The normalized spacial score (nSPS) is 25.2. The van der Waals surface area contributed by atoms with Gasteiger partial charge in [0.15, 0.2) is 0 Å². The monoisotopic (exact) mass is 395 g/mol. The Morgan fingerprint density at radius 3 is 2.80 bits per heavy atom. The number of carbonyl (C=O) groups is 1. The fourth-order valence-electron chi connectivity index (χ4n) is 2.79. The predicted octanol–water partition coefficient (Wildman–Crippen LogP) is 3.59. The fraction of sp³-hybridized carbons (Fsp3) is 0.444. The molecule has 1 aromatic rings. The lowest BCUT2D eigenvalue weighted by Gasteiger charge is -2.21. The Kier molecular flexibility index (Phi) is 6.30. The molecule has 0 bridgehead atoms. The second-order valence-corrected chi connectivity index (χ2v) is 9.37. The van der Waals surface area contributed by atoms with Crippen molar-refractivity contribution in [1.82, 2.24) is 4.90 Å². The summed E-state index contributed by atoms with van der Waals surface area (Å²) < 4.78 is 17.8. The van der Waals surface area contributed by atoms with Crippen LogP contribution in [0.4, 0.5) is 0 Å². The van der Waals surface area contributed by atoms with E-state index in [9.17, 15) is 9.00 Å². The van der Waals surface area contributed by atoms with Gasteiger partial charge in [-0.15, -0.1) is 0 Å². The Morgan fingerprint density at radius 2 is 2.16 bits per heavy atom. The van der Waals surface area contributed by atoms with Crippen molar-refractivity contribution in [3.8, 4) is 5.75 Å². The number of hydrogen-bond donors (Lipinski definition) is 0. The molecule has 0 saturated carbocycles. The van der Waals surface area contributed by atoms with Crippen LogP contribution in [0.1, 0.15) is 31.7 Å². The average Bonchev–Trinajstić information content (AvgIpc) is 3.13. The van der Waals surface area contributed by atoms with Gasteiger partial charge in [0.1, 0.15) is 10.1 Å². The molecule has 1 aromatic carbocycles. The largest absolute Gasteiger partial charge is 0.494 e. The third-order valence-corrected chi connectivity index (χ3v) is 6.97. The number of unbranched alkanes of at least 4 members (excludes halogenated alkanes) is 1. The van der Waals surface area contributed by atoms with E-state index in [1.54, 1.807) is 4.90 Å². The Balaban J connectivity index is 1.68. The van der Waals surface area contributed by atoms with Gasteiger partial charge in [-0.3, -0.25) is 13.9 Å². The molecule has 2 aliphatic rings. The van der Waals surface area contributed by atoms with Gasteiger partial charge in [0, 0.05) is 22.3 Å². The zero-order valence-corrected chi connectivity index (χ0v) is 16.6. The lowest BCUT2D eigenvalue weighted by atomic mass is 10.2. The lowest BCUT2D eigenvalue weighted by molar-refractivity contribution is -0.123. The number of amides is 1. The lowest BCUT2D eigenvalue weighted by Crippen LogP contribution is -2.39. The molecule has 2 fully saturated rings. The van der Waals surface area contributed by atoms with Crippen molar-refractivity contribution in [3.63, 3.8) is 0 Å². The molecule has 2 unspecified atom stereocenters. The van der Waals surface area contributed by atoms with Crippen molar-refractivity contribution in [3.05, 3.63) is 34.7 Å². The van der Waals surface area contributed by atoms with Gasteiger partial charge in [-0.25, -0.2) is 0 Å². The van der Waals surface area contributed by atoms with Crippen LogP contribution in [0, 0.1) is 0 Å². The van der Waals surface area contributed by atoms with E-state index in [1.165, 1.54) is 11.8 Å². The molecule has 3 rings (SSSR count). The van der Waals surface area contributed by atoms with Gasteiger partial charge in [0.25, 0.3) is 5.91 Å². The fourth-order valence-corrected chi connectivity index (χ4v) is 5.64. The van der Waals surface area contributed by atoms with E-state index in [4.69, 9.17) is 17.0 Å². The summed E-state index contributed by atoms with van der Waals surface area (Å²) in [7, 11) is -0.831. The van der Waals surface area contributed by atoms with Gasteiger partial charge in [0.05, 0.1) is 17.6 Å². The topological polar surface area (TPSA) is 46.6 Å². The van der Waals surface area contributed by atoms with Gasteiger partial charge >= 0.3 is 0 Å². The number of rotatable bonds is 6. The molecule has 0 aliphatic carbocycles. The van der Waals surface area contributed by atoms with Crippen LogP contribution in [0.2, 0.25) is 0 Å². The molecule has 4 nitrogen and oxygen atoms in total. The van der Waals surface area contributed by atoms with Crippen LogP contribution in [-0.4, -0.2) is 43.5 Å². The number of benzene rings is 1. The highest BCUT2D eigenvalue weighted by Gasteiger charge is 2.39. The van der Waals surface area contributed by atoms with Gasteiger partial charge in [-0.1, -0.05) is 49.5 Å². The highest BCUT2D eigenvalue weighted by molar-refractivity contribution is 8.26. The predicted molar refractivity (Wildman–Crippen MR) is 108 cm³/mol. The summed E-state index contributed by atoms with van der Waals surface area (Å²) in [6.45, 7) is 2.85. The molecule has 2 atom stereocenters. The van der Waals surface area contributed by atoms with E-state index in [-0.39, 0.29) is 11.9 Å². The molecule has 2 heterocycles. The Bertz CT molecular complexity index is 715. The SMILES string of the molecule is CCCCOc1ccc(/C=C2\SC(=S)N(C3CCS(=O)C3)C2=O)cc1. The maximum absolute atomic E-state index is 12.7. The first-order valence-electron chi connectivity index (χ1n) is 8.43. The number of thioether (sulfide) groups is 1. The van der Waals surface area contributed by atoms with Crippen LogP contribution in [-0.2, 0) is 15.6 Å². The molecular weight excluding hydrogens is 374 g/mol. The molecule has 1 amide bonds. The molecule has 7 heteroatoms. The van der Waals surface area contributed by atoms with Crippen molar-refractivity contribution >= 4 is 51.1 Å². The third kappa shape index (κ3) is 4.51. The van der Waals surface area contributed by atoms with Crippen LogP contribution in [0.5, 0.6) is 5.75 Å². The Morgan fingerprint density at radius 1 is 1.40 bits per heavy atom. The number of ether oxygens (including phenoxy) is 1. The van der Waals surface area contributed by atoms with Gasteiger partial charge in [-0.2, -0.15) is 0 Å². The molecule has 0 spiro atoms. The maximum atomic E-state index is 12.7. The minimum absolute atomic E-state index is 0.0198. The minimum Gasteiger partial charge on any atom is -0.494 e. The Hall–Kier alpha value is -1.18. The number of hydrogen-bond acceptors (Lipinski definition) is 5. The molecule has 2 aliphatic heterocycles. The molecule has 25 heavy (non-hydrogen) atoms. The molecular formula is C18H21NO3S3. The Labute approximate surface area is 160 Å². The summed E-state index contributed by atoms with van der Waals surface area (Å²) in [6, 6.07) is 7.70. The van der Waals surface area contributed by atoms with E-state index < -0.39 is 10.8 Å². The van der Waals surface area contributed by atoms with Gasteiger partial charge in [0.2, 0.25) is 0 Å². The van der Waals surface area contributed by atoms with Crippen LogP contribution in [0.15, 0.2) is 29.2 Å². The number of thiocarbonyl (C=S) groups is 1. The second kappa shape index (κ2) is 8.47. The van der Waals surface area contributed by atoms with Gasteiger partial charge in [-0.05, 0) is 36.6 Å². The first-order chi connectivity index (χ1) is 12.1. The van der Waals surface area contributed by atoms with Crippen molar-refractivity contribution < 1.29 is 13.7 Å². The molecule has 0 N–H and O–H groups in total. The van der Waals surface area contributed by atoms with Crippen LogP contribution < -0.4 is 4.74 Å². The highest BCUT2D eigenvalue weighted by Crippen LogP contribution is 2.36. The van der Waals surface area contributed by atoms with E-state index in [2.05, 4.69) is 6.92 Å². The summed E-state index contributed by atoms with van der Waals surface area (Å²) >= 11 is 6.70. The standard InChI is InChI=1S/C18H21NO3S3/c1-2-3-9-22-15-6-4-13(5-7-15)11-16-17(20)19(18(23)24-16)14-8-10-25(21)12-14/h4-7,11,14H,2-3,8-10,12H2,1H3/b16-11-. The maximum Gasteiger partial charge on any atom is 0.266 e. The van der Waals surface area contributed by atoms with Gasteiger partial charge < -0.3 is 4.74 Å². The third-order valence-electron chi connectivity index (χ3n) is 4.19. The average molecular weight is 396 g/mol. The van der Waals surface area contributed by atoms with Crippen molar-refractivity contribution in [2.24, 2.45) is 0 Å². The van der Waals surface area contributed by atoms with E-state index in [0.717, 1.165) is 37.2 Å². The molecule has 2 saturated heterocycles. The molecule has 134 valence electrons. The summed E-state index contributed by atoms with van der Waals surface area (Å²) in [5.41, 5.74) is 0.943. The van der Waals surface area contributed by atoms with Crippen molar-refractivity contribution in [2.45, 2.75) is 32.2 Å². The van der Waals surface area contributed by atoms with Crippen molar-refractivity contribution in [1.29, 1.82) is 0 Å². The zero-order valence-electron chi connectivity index (χ0n) is 14.1. The van der Waals surface area contributed by atoms with Crippen LogP contribution in [0.3, 0.4) is 0 Å². The summed E-state index contributed by atoms with van der Waals surface area (Å²) in [5.74, 6) is 1.96. The van der Waals surface area contributed by atoms with E-state index in [1.807, 2.05) is 30.3 Å². The second-order valence-electron chi connectivity index (χ2n) is 6.08. The van der Waals surface area contributed by atoms with Crippen LogP contribution >= 0.6 is 24.0 Å². The minimum atomic E-state index is -0.831. The first kappa shape index (κ1) is 18.6. The van der Waals surface area contributed by atoms with Crippen molar-refractivity contribution in [2.75, 3.05) is 18.1 Å². The highest BCUT2D eigenvalue weighted by atomic mass is 32.2. The first-order valence-corrected chi connectivity index (χ1v) is 11.1. The van der Waals surface area contributed by atoms with E-state index in [0.29, 0.717) is 20.7 Å². The van der Waals surface area contributed by atoms with E-state index >= 15 is 0 Å². The number of carbonyl (C=O) groups excluding carboxylic acids is 1. The zero-order chi connectivity index (χ0) is 17.8. The molecule has 0 aromatic heterocycles. The summed E-state index contributed by atoms with van der Waals surface area (Å²) in [6.07, 6.45) is 4.77. The molecule has 0 radical (unpaired) electrons.